The molecule has 3 unspecified atom stereocenters. The first kappa shape index (κ1) is 46.9. The van der Waals surface area contributed by atoms with E-state index in [1.165, 1.54) is 11.8 Å². The number of hydrogen-bond donors (Lipinski definition) is 3. The van der Waals surface area contributed by atoms with Crippen molar-refractivity contribution in [3.8, 4) is 30.4 Å². The van der Waals surface area contributed by atoms with Crippen LogP contribution in [0.2, 0.25) is 0 Å². The SMILES string of the molecule is C#CCC(C(=O)OCc1cnc(C)c(OC(=O)CCC/C=C\C[C@@H]2[C@@H](CCC(O)CCc3ccccc3)[C@H](O)C[C@@H]2O)c1COC(=O)C(CC#C)C(C)C)C(C)C. The van der Waals surface area contributed by atoms with Crippen molar-refractivity contribution < 1.29 is 43.9 Å². The topological polar surface area (TPSA) is 152 Å². The van der Waals surface area contributed by atoms with E-state index in [9.17, 15) is 29.7 Å². The number of terminal acetylenes is 2. The molecule has 1 heterocycles. The van der Waals surface area contributed by atoms with Crippen LogP contribution < -0.4 is 4.74 Å². The van der Waals surface area contributed by atoms with Crippen molar-refractivity contribution in [3.63, 3.8) is 0 Å². The average Bonchev–Trinajstić information content (AvgIpc) is 3.45. The summed E-state index contributed by atoms with van der Waals surface area (Å²) in [6.07, 6.45) is 19.9. The predicted octanol–water partition coefficient (Wildman–Crippen LogP) is 7.22. The van der Waals surface area contributed by atoms with Crippen molar-refractivity contribution in [2.24, 2.45) is 35.5 Å². The van der Waals surface area contributed by atoms with Gasteiger partial charge in [-0.05, 0) is 87.5 Å². The molecule has 0 saturated heterocycles. The summed E-state index contributed by atoms with van der Waals surface area (Å²) >= 11 is 0. The van der Waals surface area contributed by atoms with Gasteiger partial charge in [0.15, 0.2) is 5.75 Å². The molecule has 0 amide bonds. The summed E-state index contributed by atoms with van der Waals surface area (Å²) in [5.41, 5.74) is 2.37. The number of esters is 3. The summed E-state index contributed by atoms with van der Waals surface area (Å²) in [6, 6.07) is 10.0. The molecule has 10 nitrogen and oxygen atoms in total. The Labute approximate surface area is 339 Å². The highest BCUT2D eigenvalue weighted by Gasteiger charge is 2.40. The van der Waals surface area contributed by atoms with E-state index < -0.39 is 48.1 Å². The number of unbranched alkanes of at least 4 members (excludes halogenated alkanes) is 1. The third kappa shape index (κ3) is 15.1. The van der Waals surface area contributed by atoms with Gasteiger partial charge in [-0.25, -0.2) is 0 Å². The molecule has 0 bridgehead atoms. The van der Waals surface area contributed by atoms with Crippen LogP contribution in [0.4, 0.5) is 0 Å². The van der Waals surface area contributed by atoms with Crippen LogP contribution in [0, 0.1) is 67.1 Å². The highest BCUT2D eigenvalue weighted by Crippen LogP contribution is 2.38. The second-order valence-corrected chi connectivity index (χ2v) is 15.9. The number of pyridine rings is 1. The van der Waals surface area contributed by atoms with E-state index in [0.717, 1.165) is 6.42 Å². The molecule has 1 aliphatic carbocycles. The fourth-order valence-corrected chi connectivity index (χ4v) is 7.35. The van der Waals surface area contributed by atoms with Crippen molar-refractivity contribution >= 4 is 17.9 Å². The number of aryl methyl sites for hydroxylation is 2. The number of aliphatic hydroxyl groups excluding tert-OH is 3. The number of rotatable bonds is 23. The molecule has 1 fully saturated rings. The number of benzene rings is 1. The lowest BCUT2D eigenvalue weighted by atomic mass is 9.85. The number of nitrogens with zero attached hydrogens (tertiary/aromatic N) is 1. The number of carbonyl (C=O) groups is 3. The van der Waals surface area contributed by atoms with E-state index in [0.29, 0.717) is 61.8 Å². The molecule has 1 saturated carbocycles. The smallest absolute Gasteiger partial charge is 0.311 e. The third-order valence-corrected chi connectivity index (χ3v) is 11.0. The number of aromatic nitrogens is 1. The number of aliphatic hydroxyl groups is 3. The highest BCUT2D eigenvalue weighted by molar-refractivity contribution is 5.75. The van der Waals surface area contributed by atoms with Crippen molar-refractivity contribution in [2.45, 2.75) is 137 Å². The molecule has 3 N–H and O–H groups in total. The zero-order chi connectivity index (χ0) is 41.9. The van der Waals surface area contributed by atoms with E-state index in [2.05, 4.69) is 16.8 Å². The van der Waals surface area contributed by atoms with Gasteiger partial charge in [0.2, 0.25) is 0 Å². The van der Waals surface area contributed by atoms with Crippen molar-refractivity contribution in [2.75, 3.05) is 0 Å². The van der Waals surface area contributed by atoms with Gasteiger partial charge in [-0.3, -0.25) is 19.4 Å². The fourth-order valence-electron chi connectivity index (χ4n) is 7.35. The summed E-state index contributed by atoms with van der Waals surface area (Å²) in [4.78, 5) is 43.6. The lowest BCUT2D eigenvalue weighted by molar-refractivity contribution is -0.153. The average molecular weight is 786 g/mol. The second kappa shape index (κ2) is 24.3. The van der Waals surface area contributed by atoms with Crippen LogP contribution in [0.15, 0.2) is 48.7 Å². The minimum Gasteiger partial charge on any atom is -0.460 e. The zero-order valence-electron chi connectivity index (χ0n) is 34.4. The normalized spacial score (nSPS) is 19.5. The molecule has 1 aromatic heterocycles. The fraction of sp³-hybridized carbons (Fsp3) is 0.574. The Morgan fingerprint density at radius 2 is 1.51 bits per heavy atom. The summed E-state index contributed by atoms with van der Waals surface area (Å²) in [7, 11) is 0. The van der Waals surface area contributed by atoms with Gasteiger partial charge < -0.3 is 29.5 Å². The Kier molecular flexibility index (Phi) is 20.0. The Hall–Kier alpha value is -4.48. The third-order valence-electron chi connectivity index (χ3n) is 11.0. The van der Waals surface area contributed by atoms with Crippen LogP contribution in [0.25, 0.3) is 0 Å². The molecular weight excluding hydrogens is 723 g/mol. The van der Waals surface area contributed by atoms with Gasteiger partial charge in [0.05, 0.1) is 35.8 Å². The standard InChI is InChI=1S/C47H63NO9/c1-8-17-37(31(3)4)46(53)55-29-35-28-48-33(7)45(41(35)30-56-47(54)38(18-9-2)32(5)6)57-44(52)22-16-11-10-15-21-39-40(43(51)27-42(39)50)26-25-36(49)24-23-34-19-13-12-14-20-34/h1-2,10,12-15,19-20,28,31-32,36-40,42-43,49-51H,11,16-18,21-27,29-30H2,3-7H3/b15-10-/t36?,37?,38?,39-,40-,42+,43-/m1/s1. The molecule has 3 rings (SSSR count). The van der Waals surface area contributed by atoms with Gasteiger partial charge in [0.1, 0.15) is 13.2 Å². The van der Waals surface area contributed by atoms with Crippen molar-refractivity contribution in [3.05, 3.63) is 71.1 Å². The molecule has 1 aromatic carbocycles. The van der Waals surface area contributed by atoms with Crippen LogP contribution >= 0.6 is 0 Å². The van der Waals surface area contributed by atoms with Gasteiger partial charge >= 0.3 is 17.9 Å². The molecule has 310 valence electrons. The Bertz CT molecular complexity index is 1690. The van der Waals surface area contributed by atoms with Crippen molar-refractivity contribution in [1.82, 2.24) is 4.98 Å². The second-order valence-electron chi connectivity index (χ2n) is 15.9. The molecule has 57 heavy (non-hydrogen) atoms. The number of carbonyl (C=O) groups excluding carboxylic acids is 3. The molecule has 2 aromatic rings. The van der Waals surface area contributed by atoms with Crippen LogP contribution in [0.1, 0.15) is 114 Å². The first-order chi connectivity index (χ1) is 27.3. The Morgan fingerprint density at radius 1 is 0.895 bits per heavy atom. The van der Waals surface area contributed by atoms with Gasteiger partial charge in [-0.15, -0.1) is 24.7 Å². The molecule has 0 spiro atoms. The Morgan fingerprint density at radius 3 is 2.12 bits per heavy atom. The summed E-state index contributed by atoms with van der Waals surface area (Å²) in [5, 5.41) is 32.0. The Balaban J connectivity index is 1.60. The molecule has 0 aliphatic heterocycles. The first-order valence-corrected chi connectivity index (χ1v) is 20.4. The van der Waals surface area contributed by atoms with Crippen LogP contribution in [0.5, 0.6) is 5.75 Å². The van der Waals surface area contributed by atoms with Gasteiger partial charge in [-0.1, -0.05) is 70.2 Å². The molecule has 10 heteroatoms. The minimum absolute atomic E-state index is 0.0414. The zero-order valence-corrected chi connectivity index (χ0v) is 34.4. The quantitative estimate of drug-likeness (QED) is 0.0456. The van der Waals surface area contributed by atoms with E-state index in [1.54, 1.807) is 6.92 Å². The maximum Gasteiger partial charge on any atom is 0.311 e. The monoisotopic (exact) mass is 785 g/mol. The van der Waals surface area contributed by atoms with Crippen LogP contribution in [-0.2, 0) is 43.5 Å². The molecule has 0 radical (unpaired) electrons. The van der Waals surface area contributed by atoms with E-state index >= 15 is 0 Å². The predicted molar refractivity (Wildman–Crippen MR) is 219 cm³/mol. The van der Waals surface area contributed by atoms with E-state index in [4.69, 9.17) is 27.1 Å². The first-order valence-electron chi connectivity index (χ1n) is 20.4. The van der Waals surface area contributed by atoms with Gasteiger partial charge in [-0.2, -0.15) is 0 Å². The van der Waals surface area contributed by atoms with E-state index in [1.807, 2.05) is 70.2 Å². The number of ether oxygens (including phenoxy) is 3. The lowest BCUT2D eigenvalue weighted by Crippen LogP contribution is -2.24. The van der Waals surface area contributed by atoms with Crippen LogP contribution in [-0.4, -0.2) is 56.5 Å². The van der Waals surface area contributed by atoms with Gasteiger partial charge in [0.25, 0.3) is 0 Å². The summed E-state index contributed by atoms with van der Waals surface area (Å²) in [5.74, 6) is 2.40. The maximum atomic E-state index is 13.2. The summed E-state index contributed by atoms with van der Waals surface area (Å²) in [6.45, 7) is 8.79. The molecule has 7 atom stereocenters. The number of allylic oxidation sites excluding steroid dienone is 2. The largest absolute Gasteiger partial charge is 0.460 e. The van der Waals surface area contributed by atoms with E-state index in [-0.39, 0.29) is 61.9 Å². The number of hydrogen-bond acceptors (Lipinski definition) is 10. The molecule has 1 aliphatic rings. The van der Waals surface area contributed by atoms with Gasteiger partial charge in [0, 0.05) is 36.6 Å². The molecular formula is C47H63NO9. The maximum absolute atomic E-state index is 13.2. The highest BCUT2D eigenvalue weighted by atomic mass is 16.6. The van der Waals surface area contributed by atoms with Crippen molar-refractivity contribution in [1.29, 1.82) is 0 Å². The lowest BCUT2D eigenvalue weighted by Gasteiger charge is -2.23. The minimum atomic E-state index is -0.621. The van der Waals surface area contributed by atoms with Crippen LogP contribution in [0.3, 0.4) is 0 Å². The summed E-state index contributed by atoms with van der Waals surface area (Å²) < 4.78 is 17.2.